The summed E-state index contributed by atoms with van der Waals surface area (Å²) in [6, 6.07) is 0.386. The summed E-state index contributed by atoms with van der Waals surface area (Å²) in [5, 5.41) is 9.40. The molecule has 1 aromatic rings. The predicted molar refractivity (Wildman–Crippen MR) is 75.3 cm³/mol. The Hall–Kier alpha value is -1.69. The molecule has 1 aromatic heterocycles. The molecule has 0 radical (unpaired) electrons. The van der Waals surface area contributed by atoms with Crippen LogP contribution in [0.3, 0.4) is 0 Å². The van der Waals surface area contributed by atoms with Gasteiger partial charge in [-0.25, -0.2) is 14.8 Å². The first-order chi connectivity index (χ1) is 9.54. The molecular weight excluding hydrogens is 258 g/mol. The summed E-state index contributed by atoms with van der Waals surface area (Å²) >= 11 is 0. The van der Waals surface area contributed by atoms with E-state index in [2.05, 4.69) is 14.9 Å². The molecule has 6 nitrogen and oxygen atoms in total. The number of hydrogen-bond donors (Lipinski definition) is 1. The van der Waals surface area contributed by atoms with Gasteiger partial charge >= 0.3 is 5.97 Å². The molecule has 6 heteroatoms. The van der Waals surface area contributed by atoms with E-state index in [1.165, 1.54) is 0 Å². The van der Waals surface area contributed by atoms with Crippen LogP contribution in [0.15, 0.2) is 6.20 Å². The molecule has 0 aromatic carbocycles. The number of carbonyl (C=O) groups is 1. The summed E-state index contributed by atoms with van der Waals surface area (Å²) in [6.45, 7) is 5.11. The molecule has 1 N–H and O–H groups in total. The van der Waals surface area contributed by atoms with Gasteiger partial charge in [0.05, 0.1) is 18.5 Å². The van der Waals surface area contributed by atoms with Gasteiger partial charge in [-0.05, 0) is 12.8 Å². The Morgan fingerprint density at radius 2 is 2.25 bits per heavy atom. The smallest absolute Gasteiger partial charge is 0.356 e. The Balaban J connectivity index is 2.34. The van der Waals surface area contributed by atoms with Gasteiger partial charge in [-0.1, -0.05) is 13.8 Å². The van der Waals surface area contributed by atoms with E-state index in [1.54, 1.807) is 13.3 Å². The van der Waals surface area contributed by atoms with Gasteiger partial charge in [0.1, 0.15) is 5.82 Å². The van der Waals surface area contributed by atoms with Crippen LogP contribution in [-0.2, 0) is 4.74 Å². The first-order valence-corrected chi connectivity index (χ1v) is 6.90. The van der Waals surface area contributed by atoms with Crippen LogP contribution in [-0.4, -0.2) is 47.3 Å². The molecule has 1 heterocycles. The standard InChI is InChI=1S/C14H21N3O3/c1-9(2)13-15-8-11(12(16-13)14(18)19)17(6-7-20-3)10-4-5-10/h8-10H,4-7H2,1-3H3,(H,18,19). The van der Waals surface area contributed by atoms with Crippen molar-refractivity contribution in [1.29, 1.82) is 0 Å². The third-order valence-electron chi connectivity index (χ3n) is 3.34. The summed E-state index contributed by atoms with van der Waals surface area (Å²) in [4.78, 5) is 22.0. The van der Waals surface area contributed by atoms with Gasteiger partial charge < -0.3 is 14.7 Å². The van der Waals surface area contributed by atoms with Gasteiger partial charge in [-0.15, -0.1) is 0 Å². The maximum absolute atomic E-state index is 11.5. The Morgan fingerprint density at radius 3 is 2.75 bits per heavy atom. The molecule has 0 saturated heterocycles. The fraction of sp³-hybridized carbons (Fsp3) is 0.643. The van der Waals surface area contributed by atoms with Crippen LogP contribution in [0.1, 0.15) is 48.9 Å². The second kappa shape index (κ2) is 6.17. The van der Waals surface area contributed by atoms with Crippen LogP contribution in [0.4, 0.5) is 5.69 Å². The number of ether oxygens (including phenoxy) is 1. The number of anilines is 1. The highest BCUT2D eigenvalue weighted by molar-refractivity contribution is 5.92. The van der Waals surface area contributed by atoms with Gasteiger partial charge in [-0.3, -0.25) is 0 Å². The first-order valence-electron chi connectivity index (χ1n) is 6.90. The number of methoxy groups -OCH3 is 1. The molecule has 1 aliphatic rings. The number of carboxylic acid groups (broad SMARTS) is 1. The third-order valence-corrected chi connectivity index (χ3v) is 3.34. The number of hydrogen-bond acceptors (Lipinski definition) is 5. The Labute approximate surface area is 118 Å². The molecule has 2 rings (SSSR count). The highest BCUT2D eigenvalue weighted by Gasteiger charge is 2.32. The number of rotatable bonds is 7. The second-order valence-electron chi connectivity index (χ2n) is 5.34. The van der Waals surface area contributed by atoms with E-state index in [1.807, 2.05) is 13.8 Å². The summed E-state index contributed by atoms with van der Waals surface area (Å²) < 4.78 is 5.10. The quantitative estimate of drug-likeness (QED) is 0.821. The highest BCUT2D eigenvalue weighted by atomic mass is 16.5. The zero-order valence-corrected chi connectivity index (χ0v) is 12.2. The molecule has 0 aliphatic heterocycles. The lowest BCUT2D eigenvalue weighted by Gasteiger charge is -2.25. The fourth-order valence-electron chi connectivity index (χ4n) is 2.11. The van der Waals surface area contributed by atoms with Crippen LogP contribution in [0, 0.1) is 0 Å². The van der Waals surface area contributed by atoms with Crippen molar-refractivity contribution in [3.8, 4) is 0 Å². The lowest BCUT2D eigenvalue weighted by molar-refractivity contribution is 0.0690. The van der Waals surface area contributed by atoms with Gasteiger partial charge in [0, 0.05) is 25.6 Å². The molecule has 20 heavy (non-hydrogen) atoms. The third kappa shape index (κ3) is 3.25. The van der Waals surface area contributed by atoms with E-state index in [0.29, 0.717) is 30.7 Å². The summed E-state index contributed by atoms with van der Waals surface area (Å²) in [5.74, 6) is -0.337. The molecule has 1 aliphatic carbocycles. The maximum atomic E-state index is 11.5. The van der Waals surface area contributed by atoms with E-state index in [0.717, 1.165) is 12.8 Å². The average Bonchev–Trinajstić information content (AvgIpc) is 3.23. The lowest BCUT2D eigenvalue weighted by atomic mass is 10.2. The normalized spacial score (nSPS) is 14.6. The SMILES string of the molecule is COCCN(c1cnc(C(C)C)nc1C(=O)O)C1CC1. The predicted octanol–water partition coefficient (Wildman–Crippen LogP) is 1.91. The molecule has 1 saturated carbocycles. The molecule has 1 fully saturated rings. The zero-order chi connectivity index (χ0) is 14.7. The minimum Gasteiger partial charge on any atom is -0.476 e. The van der Waals surface area contributed by atoms with Crippen molar-refractivity contribution < 1.29 is 14.6 Å². The van der Waals surface area contributed by atoms with E-state index < -0.39 is 5.97 Å². The van der Waals surface area contributed by atoms with E-state index >= 15 is 0 Å². The molecule has 0 bridgehead atoms. The van der Waals surface area contributed by atoms with E-state index in [-0.39, 0.29) is 11.6 Å². The summed E-state index contributed by atoms with van der Waals surface area (Å²) in [6.07, 6.45) is 3.79. The van der Waals surface area contributed by atoms with Crippen molar-refractivity contribution in [1.82, 2.24) is 9.97 Å². The Kier molecular flexibility index (Phi) is 4.54. The fourth-order valence-corrected chi connectivity index (χ4v) is 2.11. The Morgan fingerprint density at radius 1 is 1.55 bits per heavy atom. The number of aromatic carboxylic acids is 1. The topological polar surface area (TPSA) is 75.5 Å². The molecule has 0 unspecified atom stereocenters. The molecular formula is C14H21N3O3. The number of aromatic nitrogens is 2. The second-order valence-corrected chi connectivity index (χ2v) is 5.34. The maximum Gasteiger partial charge on any atom is 0.356 e. The van der Waals surface area contributed by atoms with Crippen molar-refractivity contribution in [3.05, 3.63) is 17.7 Å². The number of carboxylic acids is 1. The van der Waals surface area contributed by atoms with Crippen LogP contribution in [0.25, 0.3) is 0 Å². The highest BCUT2D eigenvalue weighted by Crippen LogP contribution is 2.33. The van der Waals surface area contributed by atoms with Crippen LogP contribution < -0.4 is 4.90 Å². The first kappa shape index (κ1) is 14.7. The van der Waals surface area contributed by atoms with Crippen molar-refractivity contribution in [2.45, 2.75) is 38.6 Å². The summed E-state index contributed by atoms with van der Waals surface area (Å²) in [7, 11) is 1.64. The minimum atomic E-state index is -1.01. The molecule has 0 spiro atoms. The minimum absolute atomic E-state index is 0.0895. The van der Waals surface area contributed by atoms with Gasteiger partial charge in [0.25, 0.3) is 0 Å². The van der Waals surface area contributed by atoms with Gasteiger partial charge in [0.15, 0.2) is 5.69 Å². The largest absolute Gasteiger partial charge is 0.476 e. The van der Waals surface area contributed by atoms with Crippen molar-refractivity contribution >= 4 is 11.7 Å². The molecule has 0 amide bonds. The van der Waals surface area contributed by atoms with Crippen LogP contribution in [0.2, 0.25) is 0 Å². The Bertz CT molecular complexity index is 487. The van der Waals surface area contributed by atoms with Crippen LogP contribution in [0.5, 0.6) is 0 Å². The zero-order valence-electron chi connectivity index (χ0n) is 12.2. The van der Waals surface area contributed by atoms with E-state index in [9.17, 15) is 9.90 Å². The average molecular weight is 279 g/mol. The van der Waals surface area contributed by atoms with Gasteiger partial charge in [-0.2, -0.15) is 0 Å². The number of nitrogens with zero attached hydrogens (tertiary/aromatic N) is 3. The van der Waals surface area contributed by atoms with Crippen molar-refractivity contribution in [2.24, 2.45) is 0 Å². The lowest BCUT2D eigenvalue weighted by Crippen LogP contribution is -2.31. The van der Waals surface area contributed by atoms with Crippen LogP contribution >= 0.6 is 0 Å². The van der Waals surface area contributed by atoms with Crippen molar-refractivity contribution in [3.63, 3.8) is 0 Å². The molecule has 110 valence electrons. The monoisotopic (exact) mass is 279 g/mol. The van der Waals surface area contributed by atoms with Crippen molar-refractivity contribution in [2.75, 3.05) is 25.2 Å². The molecule has 0 atom stereocenters. The summed E-state index contributed by atoms with van der Waals surface area (Å²) in [5.41, 5.74) is 0.688. The van der Waals surface area contributed by atoms with Gasteiger partial charge in [0.2, 0.25) is 0 Å². The van der Waals surface area contributed by atoms with E-state index in [4.69, 9.17) is 4.74 Å².